The molecule has 0 spiro atoms. The summed E-state index contributed by atoms with van der Waals surface area (Å²) in [4.78, 5) is 12.2. The van der Waals surface area contributed by atoms with E-state index in [-0.39, 0.29) is 18.4 Å². The zero-order valence-corrected chi connectivity index (χ0v) is 20.9. The lowest BCUT2D eigenvalue weighted by Crippen LogP contribution is -2.25. The van der Waals surface area contributed by atoms with E-state index in [0.717, 1.165) is 25.6 Å². The minimum absolute atomic E-state index is 0.131. The van der Waals surface area contributed by atoms with Gasteiger partial charge in [0.2, 0.25) is 0 Å². The Kier molecular flexibility index (Phi) is 9.17. The first kappa shape index (κ1) is 24.2. The molecule has 0 saturated heterocycles. The highest BCUT2D eigenvalue weighted by molar-refractivity contribution is 9.10. The summed E-state index contributed by atoms with van der Waals surface area (Å²) >= 11 is 7.00. The van der Waals surface area contributed by atoms with Crippen molar-refractivity contribution in [2.24, 2.45) is 5.10 Å². The number of hydrogen-bond acceptors (Lipinski definition) is 5. The fraction of sp³-hybridized carbons (Fsp3) is 0.364. The number of rotatable bonds is 9. The van der Waals surface area contributed by atoms with Crippen molar-refractivity contribution in [1.29, 1.82) is 0 Å². The van der Waals surface area contributed by atoms with E-state index >= 15 is 0 Å². The van der Waals surface area contributed by atoms with Crippen LogP contribution in [-0.4, -0.2) is 32.4 Å². The van der Waals surface area contributed by atoms with Gasteiger partial charge in [-0.05, 0) is 76.7 Å². The lowest BCUT2D eigenvalue weighted by atomic mass is 10.0. The maximum atomic E-state index is 12.2. The van der Waals surface area contributed by atoms with E-state index in [2.05, 4.69) is 56.2 Å². The van der Waals surface area contributed by atoms with Crippen LogP contribution in [0.3, 0.4) is 0 Å². The maximum absolute atomic E-state index is 12.2. The van der Waals surface area contributed by atoms with Gasteiger partial charge in [-0.3, -0.25) is 4.79 Å². The van der Waals surface area contributed by atoms with Crippen LogP contribution in [-0.2, 0) is 4.79 Å². The van der Waals surface area contributed by atoms with Crippen LogP contribution in [0.15, 0.2) is 38.3 Å². The van der Waals surface area contributed by atoms with Crippen LogP contribution in [0.25, 0.3) is 0 Å². The average Bonchev–Trinajstić information content (AvgIpc) is 2.70. The Labute approximate surface area is 194 Å². The Morgan fingerprint density at radius 1 is 1.13 bits per heavy atom. The highest BCUT2D eigenvalue weighted by atomic mass is 79.9. The van der Waals surface area contributed by atoms with Crippen molar-refractivity contribution in [2.45, 2.75) is 33.6 Å². The monoisotopic (exact) mass is 540 g/mol. The van der Waals surface area contributed by atoms with Crippen molar-refractivity contribution in [3.63, 3.8) is 0 Å². The Hall–Kier alpha value is -2.06. The number of nitrogens with one attached hydrogen (secondary N) is 1. The van der Waals surface area contributed by atoms with Gasteiger partial charge in [0.1, 0.15) is 5.75 Å². The molecular formula is C22H26Br2N2O4. The molecule has 30 heavy (non-hydrogen) atoms. The Balaban J connectivity index is 2.01. The molecule has 0 fully saturated rings. The molecule has 0 aliphatic rings. The number of nitrogens with zero attached hydrogens (tertiary/aromatic N) is 1. The number of hydrazone groups is 1. The van der Waals surface area contributed by atoms with Crippen molar-refractivity contribution in [3.05, 3.63) is 49.9 Å². The predicted octanol–water partition coefficient (Wildman–Crippen LogP) is 5.58. The van der Waals surface area contributed by atoms with Crippen molar-refractivity contribution in [1.82, 2.24) is 5.43 Å². The molecule has 0 atom stereocenters. The van der Waals surface area contributed by atoms with Gasteiger partial charge in [0, 0.05) is 4.47 Å². The van der Waals surface area contributed by atoms with E-state index in [1.165, 1.54) is 6.21 Å². The van der Waals surface area contributed by atoms with E-state index in [1.54, 1.807) is 13.2 Å². The molecule has 6 nitrogen and oxygen atoms in total. The minimum Gasteiger partial charge on any atom is -0.493 e. The van der Waals surface area contributed by atoms with Crippen LogP contribution < -0.4 is 19.6 Å². The fourth-order valence-electron chi connectivity index (χ4n) is 2.70. The van der Waals surface area contributed by atoms with E-state index in [1.807, 2.05) is 32.0 Å². The second-order valence-electron chi connectivity index (χ2n) is 6.84. The summed E-state index contributed by atoms with van der Waals surface area (Å²) in [6.45, 7) is 8.44. The Morgan fingerprint density at radius 2 is 1.87 bits per heavy atom. The molecule has 0 unspecified atom stereocenters. The van der Waals surface area contributed by atoms with Gasteiger partial charge < -0.3 is 14.2 Å². The highest BCUT2D eigenvalue weighted by Gasteiger charge is 2.13. The standard InChI is InChI=1S/C22H26Br2N2O4/c1-6-29-22-18(24)8-15(9-20(22)28-5)11-25-26-21(27)12-30-19-7-14(4)17(23)10-16(19)13(2)3/h7-11,13H,6,12H2,1-5H3,(H,26,27)/b25-11+. The molecule has 0 radical (unpaired) electrons. The molecule has 0 aromatic heterocycles. The Morgan fingerprint density at radius 3 is 2.50 bits per heavy atom. The van der Waals surface area contributed by atoms with Crippen molar-refractivity contribution in [3.8, 4) is 17.2 Å². The number of carbonyl (C=O) groups is 1. The summed E-state index contributed by atoms with van der Waals surface area (Å²) in [6, 6.07) is 7.57. The number of methoxy groups -OCH3 is 1. The first-order chi connectivity index (χ1) is 14.3. The van der Waals surface area contributed by atoms with E-state index in [9.17, 15) is 4.79 Å². The SMILES string of the molecule is CCOc1c(Br)cc(/C=N/NC(=O)COc2cc(C)c(Br)cc2C(C)C)cc1OC. The van der Waals surface area contributed by atoms with Crippen LogP contribution in [0.5, 0.6) is 17.2 Å². The highest BCUT2D eigenvalue weighted by Crippen LogP contribution is 2.36. The number of carbonyl (C=O) groups excluding carboxylic acids is 1. The maximum Gasteiger partial charge on any atom is 0.277 e. The third-order valence-corrected chi connectivity index (χ3v) is 5.66. The van der Waals surface area contributed by atoms with Gasteiger partial charge in [-0.15, -0.1) is 0 Å². The third-order valence-electron chi connectivity index (χ3n) is 4.22. The molecule has 2 aromatic carbocycles. The number of benzene rings is 2. The van der Waals surface area contributed by atoms with Crippen LogP contribution in [0.2, 0.25) is 0 Å². The summed E-state index contributed by atoms with van der Waals surface area (Å²) in [5.41, 5.74) is 5.31. The van der Waals surface area contributed by atoms with Gasteiger partial charge >= 0.3 is 0 Å². The van der Waals surface area contributed by atoms with Crippen molar-refractivity contribution in [2.75, 3.05) is 20.3 Å². The molecule has 1 N–H and O–H groups in total. The van der Waals surface area contributed by atoms with Gasteiger partial charge in [0.15, 0.2) is 18.1 Å². The first-order valence-electron chi connectivity index (χ1n) is 9.51. The second kappa shape index (κ2) is 11.4. The molecule has 8 heteroatoms. The molecule has 2 aromatic rings. The van der Waals surface area contributed by atoms with Crippen LogP contribution in [0.4, 0.5) is 0 Å². The average molecular weight is 542 g/mol. The van der Waals surface area contributed by atoms with Crippen LogP contribution in [0.1, 0.15) is 43.4 Å². The zero-order chi connectivity index (χ0) is 22.3. The largest absolute Gasteiger partial charge is 0.493 e. The quantitative estimate of drug-likeness (QED) is 0.332. The van der Waals surface area contributed by atoms with Gasteiger partial charge in [-0.2, -0.15) is 5.10 Å². The van der Waals surface area contributed by atoms with Gasteiger partial charge in [0.05, 0.1) is 24.4 Å². The molecule has 162 valence electrons. The number of hydrogen-bond donors (Lipinski definition) is 1. The lowest BCUT2D eigenvalue weighted by molar-refractivity contribution is -0.123. The fourth-order valence-corrected chi connectivity index (χ4v) is 3.63. The number of halogens is 2. The zero-order valence-electron chi connectivity index (χ0n) is 17.7. The second-order valence-corrected chi connectivity index (χ2v) is 8.55. The molecule has 0 aliphatic carbocycles. The topological polar surface area (TPSA) is 69.2 Å². The third kappa shape index (κ3) is 6.47. The Bertz CT molecular complexity index is 930. The number of amides is 1. The van der Waals surface area contributed by atoms with E-state index in [0.29, 0.717) is 23.9 Å². The van der Waals surface area contributed by atoms with Crippen molar-refractivity contribution >= 4 is 44.0 Å². The summed E-state index contributed by atoms with van der Waals surface area (Å²) < 4.78 is 18.4. The molecule has 0 bridgehead atoms. The normalized spacial score (nSPS) is 11.1. The summed E-state index contributed by atoms with van der Waals surface area (Å²) in [5, 5.41) is 4.01. The van der Waals surface area contributed by atoms with Crippen LogP contribution in [0, 0.1) is 6.92 Å². The molecular weight excluding hydrogens is 516 g/mol. The van der Waals surface area contributed by atoms with Crippen LogP contribution >= 0.6 is 31.9 Å². The first-order valence-corrected chi connectivity index (χ1v) is 11.1. The van der Waals surface area contributed by atoms with Crippen molar-refractivity contribution < 1.29 is 19.0 Å². The molecule has 0 aliphatic heterocycles. The molecule has 0 saturated carbocycles. The van der Waals surface area contributed by atoms with E-state index in [4.69, 9.17) is 14.2 Å². The molecule has 2 rings (SSSR count). The van der Waals surface area contributed by atoms with Gasteiger partial charge in [-0.25, -0.2) is 5.43 Å². The number of aryl methyl sites for hydroxylation is 1. The van der Waals surface area contributed by atoms with E-state index < -0.39 is 0 Å². The summed E-state index contributed by atoms with van der Waals surface area (Å²) in [5.74, 6) is 1.82. The molecule has 0 heterocycles. The van der Waals surface area contributed by atoms with Gasteiger partial charge in [0.25, 0.3) is 5.91 Å². The summed E-state index contributed by atoms with van der Waals surface area (Å²) in [6.07, 6.45) is 1.53. The molecule has 1 amide bonds. The smallest absolute Gasteiger partial charge is 0.277 e. The predicted molar refractivity (Wildman–Crippen MR) is 126 cm³/mol. The summed E-state index contributed by atoms with van der Waals surface area (Å²) in [7, 11) is 1.57. The minimum atomic E-state index is -0.349. The van der Waals surface area contributed by atoms with Gasteiger partial charge in [-0.1, -0.05) is 29.8 Å². The number of ether oxygens (including phenoxy) is 3. The lowest BCUT2D eigenvalue weighted by Gasteiger charge is -2.15.